The number of carboxylic acids is 1. The van der Waals surface area contributed by atoms with Crippen molar-refractivity contribution in [1.29, 1.82) is 0 Å². The standard InChI is InChI=1S/C27H34N2O5/c1-4-11-23(24(30)28-17-27(5-2,6-3)25(31)32)29-26(33)34-16-22-20-14-9-7-12-18(20)19-13-8-10-15-21(19)22/h7-10,12-15,22-23H,4-6,11,16-17H2,1-3H3,(H,28,30)(H,29,33)(H,31,32). The Hall–Kier alpha value is -3.35. The summed E-state index contributed by atoms with van der Waals surface area (Å²) in [4.78, 5) is 37.1. The van der Waals surface area contributed by atoms with Gasteiger partial charge < -0.3 is 20.5 Å². The van der Waals surface area contributed by atoms with Crippen molar-refractivity contribution < 1.29 is 24.2 Å². The first kappa shape index (κ1) is 25.3. The highest BCUT2D eigenvalue weighted by molar-refractivity contribution is 5.86. The van der Waals surface area contributed by atoms with Gasteiger partial charge in [0.25, 0.3) is 0 Å². The normalized spacial score (nSPS) is 13.5. The van der Waals surface area contributed by atoms with Crippen LogP contribution in [0.4, 0.5) is 4.79 Å². The number of rotatable bonds is 11. The fourth-order valence-electron chi connectivity index (χ4n) is 4.60. The number of benzene rings is 2. The minimum Gasteiger partial charge on any atom is -0.481 e. The molecule has 0 spiro atoms. The zero-order valence-corrected chi connectivity index (χ0v) is 20.1. The minimum absolute atomic E-state index is 0.0146. The largest absolute Gasteiger partial charge is 0.481 e. The summed E-state index contributed by atoms with van der Waals surface area (Å²) in [6.45, 7) is 5.68. The minimum atomic E-state index is -1.02. The van der Waals surface area contributed by atoms with E-state index < -0.39 is 29.4 Å². The number of carboxylic acid groups (broad SMARTS) is 1. The number of hydrogen-bond donors (Lipinski definition) is 3. The zero-order valence-electron chi connectivity index (χ0n) is 20.1. The highest BCUT2D eigenvalue weighted by Crippen LogP contribution is 2.44. The smallest absolute Gasteiger partial charge is 0.407 e. The third-order valence-electron chi connectivity index (χ3n) is 6.94. The number of aliphatic carboxylic acids is 1. The molecular formula is C27H34N2O5. The van der Waals surface area contributed by atoms with Crippen molar-refractivity contribution in [1.82, 2.24) is 10.6 Å². The van der Waals surface area contributed by atoms with Gasteiger partial charge in [0.2, 0.25) is 5.91 Å². The predicted molar refractivity (Wildman–Crippen MR) is 131 cm³/mol. The molecule has 1 aliphatic carbocycles. The molecule has 3 N–H and O–H groups in total. The van der Waals surface area contributed by atoms with Crippen LogP contribution in [0.2, 0.25) is 0 Å². The lowest BCUT2D eigenvalue weighted by molar-refractivity contribution is -0.149. The van der Waals surface area contributed by atoms with Gasteiger partial charge in [0.15, 0.2) is 0 Å². The number of fused-ring (bicyclic) bond motifs is 3. The second-order valence-corrected chi connectivity index (χ2v) is 8.82. The van der Waals surface area contributed by atoms with Gasteiger partial charge in [-0.15, -0.1) is 0 Å². The molecule has 0 aromatic heterocycles. The SMILES string of the molecule is CCCC(NC(=O)OCC1c2ccccc2-c2ccccc21)C(=O)NCC(CC)(CC)C(=O)O. The molecule has 0 bridgehead atoms. The van der Waals surface area contributed by atoms with E-state index >= 15 is 0 Å². The summed E-state index contributed by atoms with van der Waals surface area (Å²) in [7, 11) is 0. The van der Waals surface area contributed by atoms with Crippen LogP contribution in [-0.4, -0.2) is 42.3 Å². The van der Waals surface area contributed by atoms with Gasteiger partial charge in [0.1, 0.15) is 12.6 Å². The van der Waals surface area contributed by atoms with Crippen LogP contribution in [0.25, 0.3) is 11.1 Å². The lowest BCUT2D eigenvalue weighted by atomic mass is 9.82. The average molecular weight is 467 g/mol. The van der Waals surface area contributed by atoms with Gasteiger partial charge in [-0.3, -0.25) is 9.59 Å². The Morgan fingerprint density at radius 2 is 1.53 bits per heavy atom. The first-order valence-electron chi connectivity index (χ1n) is 12.0. The van der Waals surface area contributed by atoms with Crippen LogP contribution in [0.5, 0.6) is 0 Å². The molecule has 7 nitrogen and oxygen atoms in total. The molecule has 2 aromatic carbocycles. The van der Waals surface area contributed by atoms with E-state index in [9.17, 15) is 19.5 Å². The van der Waals surface area contributed by atoms with Crippen molar-refractivity contribution in [3.8, 4) is 11.1 Å². The summed E-state index contributed by atoms with van der Waals surface area (Å²) in [6, 6.07) is 15.4. The fourth-order valence-corrected chi connectivity index (χ4v) is 4.60. The van der Waals surface area contributed by atoms with E-state index in [4.69, 9.17) is 4.74 Å². The molecule has 3 rings (SSSR count). The predicted octanol–water partition coefficient (Wildman–Crippen LogP) is 4.70. The second-order valence-electron chi connectivity index (χ2n) is 8.82. The van der Waals surface area contributed by atoms with Crippen molar-refractivity contribution in [2.75, 3.05) is 13.2 Å². The molecule has 1 aliphatic rings. The first-order valence-corrected chi connectivity index (χ1v) is 12.0. The molecule has 7 heteroatoms. The number of carbonyl (C=O) groups is 3. The molecule has 2 aromatic rings. The lowest BCUT2D eigenvalue weighted by Gasteiger charge is -2.28. The van der Waals surface area contributed by atoms with Crippen LogP contribution >= 0.6 is 0 Å². The maximum atomic E-state index is 12.8. The van der Waals surface area contributed by atoms with Crippen molar-refractivity contribution in [3.05, 3.63) is 59.7 Å². The molecule has 182 valence electrons. The van der Waals surface area contributed by atoms with E-state index in [-0.39, 0.29) is 19.1 Å². The van der Waals surface area contributed by atoms with Gasteiger partial charge in [-0.05, 0) is 41.5 Å². The van der Waals surface area contributed by atoms with Crippen LogP contribution in [0.1, 0.15) is 63.5 Å². The van der Waals surface area contributed by atoms with Gasteiger partial charge in [0, 0.05) is 12.5 Å². The van der Waals surface area contributed by atoms with Crippen LogP contribution in [0, 0.1) is 5.41 Å². The average Bonchev–Trinajstić information content (AvgIpc) is 3.17. The summed E-state index contributed by atoms with van der Waals surface area (Å²) in [5, 5.41) is 15.0. The fraction of sp³-hybridized carbons (Fsp3) is 0.444. The Kier molecular flexibility index (Phi) is 8.31. The molecule has 0 radical (unpaired) electrons. The summed E-state index contributed by atoms with van der Waals surface area (Å²) < 4.78 is 5.57. The maximum Gasteiger partial charge on any atom is 0.407 e. The Bertz CT molecular complexity index is 986. The molecule has 0 aliphatic heterocycles. The highest BCUT2D eigenvalue weighted by atomic mass is 16.5. The van der Waals surface area contributed by atoms with E-state index in [1.54, 1.807) is 13.8 Å². The topological polar surface area (TPSA) is 105 Å². The Labute approximate surface area is 200 Å². The number of amides is 2. The van der Waals surface area contributed by atoms with E-state index in [0.717, 1.165) is 22.3 Å². The summed E-state index contributed by atoms with van der Waals surface area (Å²) in [5.74, 6) is -1.40. The number of carbonyl (C=O) groups excluding carboxylic acids is 2. The zero-order chi connectivity index (χ0) is 24.7. The van der Waals surface area contributed by atoms with Crippen LogP contribution in [0.15, 0.2) is 48.5 Å². The van der Waals surface area contributed by atoms with Gasteiger partial charge in [-0.1, -0.05) is 75.7 Å². The van der Waals surface area contributed by atoms with Gasteiger partial charge >= 0.3 is 12.1 Å². The van der Waals surface area contributed by atoms with Crippen molar-refractivity contribution in [2.24, 2.45) is 5.41 Å². The summed E-state index contributed by atoms with van der Waals surface area (Å²) in [6.07, 6.45) is 1.24. The molecule has 2 amide bonds. The maximum absolute atomic E-state index is 12.8. The number of nitrogens with one attached hydrogen (secondary N) is 2. The first-order chi connectivity index (χ1) is 16.4. The van der Waals surface area contributed by atoms with Crippen LogP contribution in [-0.2, 0) is 14.3 Å². The molecule has 34 heavy (non-hydrogen) atoms. The van der Waals surface area contributed by atoms with Crippen molar-refractivity contribution in [3.63, 3.8) is 0 Å². The van der Waals surface area contributed by atoms with E-state index in [2.05, 4.69) is 22.8 Å². The highest BCUT2D eigenvalue weighted by Gasteiger charge is 2.36. The molecule has 0 fully saturated rings. The van der Waals surface area contributed by atoms with Gasteiger partial charge in [-0.25, -0.2) is 4.79 Å². The second kappa shape index (κ2) is 11.2. The van der Waals surface area contributed by atoms with Crippen LogP contribution in [0.3, 0.4) is 0 Å². The Morgan fingerprint density at radius 3 is 2.03 bits per heavy atom. The number of alkyl carbamates (subject to hydrolysis) is 1. The quantitative estimate of drug-likeness (QED) is 0.445. The van der Waals surface area contributed by atoms with Crippen molar-refractivity contribution >= 4 is 18.0 Å². The summed E-state index contributed by atoms with van der Waals surface area (Å²) in [5.41, 5.74) is 3.50. The number of ether oxygens (including phenoxy) is 1. The Balaban J connectivity index is 1.62. The van der Waals surface area contributed by atoms with E-state index in [1.807, 2.05) is 43.3 Å². The van der Waals surface area contributed by atoms with Gasteiger partial charge in [0.05, 0.1) is 5.41 Å². The summed E-state index contributed by atoms with van der Waals surface area (Å²) >= 11 is 0. The van der Waals surface area contributed by atoms with Crippen LogP contribution < -0.4 is 10.6 Å². The molecule has 0 saturated heterocycles. The molecule has 0 heterocycles. The molecular weight excluding hydrogens is 432 g/mol. The molecule has 1 unspecified atom stereocenters. The van der Waals surface area contributed by atoms with E-state index in [0.29, 0.717) is 25.7 Å². The lowest BCUT2D eigenvalue weighted by Crippen LogP contribution is -2.50. The molecule has 1 atom stereocenters. The van der Waals surface area contributed by atoms with Crippen molar-refractivity contribution in [2.45, 2.75) is 58.4 Å². The molecule has 0 saturated carbocycles. The monoisotopic (exact) mass is 466 g/mol. The van der Waals surface area contributed by atoms with Gasteiger partial charge in [-0.2, -0.15) is 0 Å². The number of hydrogen-bond acceptors (Lipinski definition) is 4. The third-order valence-corrected chi connectivity index (χ3v) is 6.94. The van der Waals surface area contributed by atoms with E-state index in [1.165, 1.54) is 0 Å². The Morgan fingerprint density at radius 1 is 0.971 bits per heavy atom. The third kappa shape index (κ3) is 5.24.